The molecule has 0 bridgehead atoms. The van der Waals surface area contributed by atoms with Crippen molar-refractivity contribution >= 4 is 44.7 Å². The maximum atomic E-state index is 13.3. The van der Waals surface area contributed by atoms with Crippen LogP contribution in [-0.4, -0.2) is 15.0 Å². The molecule has 0 saturated carbocycles. The van der Waals surface area contributed by atoms with E-state index < -0.39 is 35.4 Å². The Hall–Kier alpha value is -3.37. The van der Waals surface area contributed by atoms with Crippen LogP contribution in [0, 0.1) is 0 Å². The summed E-state index contributed by atoms with van der Waals surface area (Å²) >= 11 is 7.25. The fraction of sp³-hybridized carbons (Fsp3) is 0.174. The van der Waals surface area contributed by atoms with Gasteiger partial charge in [-0.1, -0.05) is 30.7 Å². The van der Waals surface area contributed by atoms with Crippen LogP contribution in [0.4, 0.5) is 18.9 Å². The SMILES string of the molecule is CCc1cc2c(=O)n(-c3cccc(Cl)c3)c(=O)n(CC(=O)Nc3cccc(C(F)(F)F)c3)c2s1. The number of fused-ring (bicyclic) bond motifs is 1. The van der Waals surface area contributed by atoms with Crippen molar-refractivity contribution in [2.24, 2.45) is 0 Å². The van der Waals surface area contributed by atoms with Crippen LogP contribution in [0.25, 0.3) is 15.9 Å². The highest BCUT2D eigenvalue weighted by molar-refractivity contribution is 7.18. The summed E-state index contributed by atoms with van der Waals surface area (Å²) in [6.45, 7) is 1.39. The summed E-state index contributed by atoms with van der Waals surface area (Å²) in [6.07, 6.45) is -3.95. The van der Waals surface area contributed by atoms with Crippen LogP contribution in [0.5, 0.6) is 0 Å². The van der Waals surface area contributed by atoms with Crippen molar-refractivity contribution < 1.29 is 18.0 Å². The minimum atomic E-state index is -4.57. The van der Waals surface area contributed by atoms with Crippen LogP contribution < -0.4 is 16.6 Å². The third kappa shape index (κ3) is 4.64. The van der Waals surface area contributed by atoms with Gasteiger partial charge in [-0.2, -0.15) is 13.2 Å². The van der Waals surface area contributed by atoms with Crippen LogP contribution >= 0.6 is 22.9 Å². The van der Waals surface area contributed by atoms with E-state index in [1.54, 1.807) is 24.3 Å². The van der Waals surface area contributed by atoms with Crippen LogP contribution in [0.1, 0.15) is 17.4 Å². The molecular formula is C23H17ClF3N3O3S. The van der Waals surface area contributed by atoms with Crippen LogP contribution in [-0.2, 0) is 23.9 Å². The quantitative estimate of drug-likeness (QED) is 0.409. The molecule has 0 radical (unpaired) electrons. The predicted octanol–water partition coefficient (Wildman–Crippen LogP) is 5.09. The van der Waals surface area contributed by atoms with Gasteiger partial charge in [0.05, 0.1) is 16.6 Å². The second-order valence-electron chi connectivity index (χ2n) is 7.40. The molecule has 0 spiro atoms. The van der Waals surface area contributed by atoms with Crippen molar-refractivity contribution in [3.8, 4) is 5.69 Å². The smallest absolute Gasteiger partial charge is 0.325 e. The highest BCUT2D eigenvalue weighted by atomic mass is 35.5. The van der Waals surface area contributed by atoms with E-state index in [1.165, 1.54) is 29.5 Å². The van der Waals surface area contributed by atoms with Crippen molar-refractivity contribution in [3.05, 3.63) is 90.9 Å². The summed E-state index contributed by atoms with van der Waals surface area (Å²) in [5.41, 5.74) is -2.05. The molecule has 176 valence electrons. The van der Waals surface area contributed by atoms with Gasteiger partial charge in [-0.15, -0.1) is 11.3 Å². The number of nitrogens with zero attached hydrogens (tertiary/aromatic N) is 2. The molecule has 2 heterocycles. The number of carbonyl (C=O) groups excluding carboxylic acids is 1. The zero-order valence-corrected chi connectivity index (χ0v) is 19.2. The van der Waals surface area contributed by atoms with Gasteiger partial charge in [0, 0.05) is 15.6 Å². The fourth-order valence-corrected chi connectivity index (χ4v) is 4.74. The van der Waals surface area contributed by atoms with Crippen LogP contribution in [0.15, 0.2) is 64.2 Å². The number of carbonyl (C=O) groups is 1. The van der Waals surface area contributed by atoms with Gasteiger partial charge in [0.15, 0.2) is 0 Å². The number of anilines is 1. The number of amides is 1. The van der Waals surface area contributed by atoms with Crippen LogP contribution in [0.3, 0.4) is 0 Å². The molecule has 0 aliphatic carbocycles. The van der Waals surface area contributed by atoms with Crippen molar-refractivity contribution in [2.45, 2.75) is 26.1 Å². The van der Waals surface area contributed by atoms with E-state index in [0.29, 0.717) is 16.3 Å². The molecule has 1 N–H and O–H groups in total. The number of nitrogens with one attached hydrogen (secondary N) is 1. The third-order valence-corrected chi connectivity index (χ3v) is 6.59. The largest absolute Gasteiger partial charge is 0.416 e. The monoisotopic (exact) mass is 507 g/mol. The van der Waals surface area contributed by atoms with Gasteiger partial charge < -0.3 is 5.32 Å². The van der Waals surface area contributed by atoms with Gasteiger partial charge in [0.2, 0.25) is 5.91 Å². The third-order valence-electron chi connectivity index (χ3n) is 5.05. The lowest BCUT2D eigenvalue weighted by atomic mass is 10.2. The van der Waals surface area contributed by atoms with Gasteiger partial charge >= 0.3 is 11.9 Å². The lowest BCUT2D eigenvalue weighted by Crippen LogP contribution is -2.40. The summed E-state index contributed by atoms with van der Waals surface area (Å²) in [4.78, 5) is 40.4. The Morgan fingerprint density at radius 3 is 2.50 bits per heavy atom. The zero-order valence-electron chi connectivity index (χ0n) is 17.6. The number of alkyl halides is 3. The average Bonchev–Trinajstić information content (AvgIpc) is 3.21. The molecule has 0 aliphatic rings. The summed E-state index contributed by atoms with van der Waals surface area (Å²) in [5.74, 6) is -0.717. The van der Waals surface area contributed by atoms with Gasteiger partial charge in [-0.05, 0) is 48.9 Å². The highest BCUT2D eigenvalue weighted by Crippen LogP contribution is 2.30. The van der Waals surface area contributed by atoms with Crippen molar-refractivity contribution in [1.29, 1.82) is 0 Å². The number of benzene rings is 2. The summed E-state index contributed by atoms with van der Waals surface area (Å²) in [6, 6.07) is 12.0. The maximum absolute atomic E-state index is 13.3. The molecule has 6 nitrogen and oxygen atoms in total. The first kappa shape index (κ1) is 23.8. The number of hydrogen-bond acceptors (Lipinski definition) is 4. The van der Waals surface area contributed by atoms with E-state index >= 15 is 0 Å². The van der Waals surface area contributed by atoms with Crippen molar-refractivity contribution in [2.75, 3.05) is 5.32 Å². The number of aryl methyl sites for hydroxylation is 1. The Morgan fingerprint density at radius 2 is 1.82 bits per heavy atom. The molecule has 2 aromatic heterocycles. The van der Waals surface area contributed by atoms with Crippen molar-refractivity contribution in [1.82, 2.24) is 9.13 Å². The summed E-state index contributed by atoms with van der Waals surface area (Å²) in [5, 5.41) is 2.97. The lowest BCUT2D eigenvalue weighted by molar-refractivity contribution is -0.137. The van der Waals surface area contributed by atoms with Gasteiger partial charge in [-0.25, -0.2) is 9.36 Å². The number of halogens is 4. The molecular weight excluding hydrogens is 491 g/mol. The number of thiophene rings is 1. The molecule has 0 atom stereocenters. The topological polar surface area (TPSA) is 73.1 Å². The first-order chi connectivity index (χ1) is 16.1. The Kier molecular flexibility index (Phi) is 6.37. The molecule has 0 unspecified atom stereocenters. The Morgan fingerprint density at radius 1 is 1.09 bits per heavy atom. The van der Waals surface area contributed by atoms with E-state index in [2.05, 4.69) is 5.32 Å². The molecule has 1 amide bonds. The van der Waals surface area contributed by atoms with Crippen LogP contribution in [0.2, 0.25) is 5.02 Å². The molecule has 2 aromatic carbocycles. The van der Waals surface area contributed by atoms with E-state index in [4.69, 9.17) is 11.6 Å². The number of hydrogen-bond donors (Lipinski definition) is 1. The minimum Gasteiger partial charge on any atom is -0.325 e. The van der Waals surface area contributed by atoms with E-state index in [9.17, 15) is 27.6 Å². The second-order valence-corrected chi connectivity index (χ2v) is 8.95. The minimum absolute atomic E-state index is 0.0623. The Labute approximate surface area is 199 Å². The van der Waals surface area contributed by atoms with Gasteiger partial charge in [0.1, 0.15) is 11.4 Å². The maximum Gasteiger partial charge on any atom is 0.416 e. The number of rotatable bonds is 5. The molecule has 11 heteroatoms. The average molecular weight is 508 g/mol. The van der Waals surface area contributed by atoms with Gasteiger partial charge in [0.25, 0.3) is 5.56 Å². The Bertz CT molecular complexity index is 1520. The van der Waals surface area contributed by atoms with E-state index in [0.717, 1.165) is 26.1 Å². The number of aromatic nitrogens is 2. The molecule has 0 fully saturated rings. The molecule has 0 aliphatic heterocycles. The predicted molar refractivity (Wildman–Crippen MR) is 126 cm³/mol. The molecule has 4 rings (SSSR count). The van der Waals surface area contributed by atoms with Crippen molar-refractivity contribution in [3.63, 3.8) is 0 Å². The van der Waals surface area contributed by atoms with E-state index in [-0.39, 0.29) is 16.8 Å². The normalized spacial score (nSPS) is 11.7. The second kappa shape index (κ2) is 9.11. The summed E-state index contributed by atoms with van der Waals surface area (Å²) in [7, 11) is 0. The first-order valence-corrected chi connectivity index (χ1v) is 11.3. The summed E-state index contributed by atoms with van der Waals surface area (Å²) < 4.78 is 41.0. The highest BCUT2D eigenvalue weighted by Gasteiger charge is 2.30. The lowest BCUT2D eigenvalue weighted by Gasteiger charge is -2.13. The molecule has 0 saturated heterocycles. The molecule has 4 aromatic rings. The van der Waals surface area contributed by atoms with Gasteiger partial charge in [-0.3, -0.25) is 14.2 Å². The molecule has 34 heavy (non-hydrogen) atoms. The fourth-order valence-electron chi connectivity index (χ4n) is 3.47. The Balaban J connectivity index is 1.79. The zero-order chi connectivity index (χ0) is 24.6. The standard InChI is InChI=1S/C23H17ClF3N3O3S/c1-2-17-11-18-20(32)30(16-8-4-6-14(24)10-16)22(33)29(21(18)34-17)12-19(31)28-15-7-3-5-13(9-15)23(25,26)27/h3-11H,2,12H2,1H3,(H,28,31). The first-order valence-electron chi connectivity index (χ1n) is 10.1. The van der Waals surface area contributed by atoms with E-state index in [1.807, 2.05) is 6.92 Å².